The number of nitrogens with one attached hydrogen (secondary N) is 1. The molecule has 2 aromatic heterocycles. The Bertz CT molecular complexity index is 496. The maximum atomic E-state index is 4.44. The third-order valence-electron chi connectivity index (χ3n) is 4.06. The fraction of sp³-hybridized carbons (Fsp3) is 0.500. The lowest BCUT2D eigenvalue weighted by molar-refractivity contribution is 0.483. The van der Waals surface area contributed by atoms with E-state index >= 15 is 0 Å². The summed E-state index contributed by atoms with van der Waals surface area (Å²) in [6.07, 6.45) is 13.9. The van der Waals surface area contributed by atoms with Gasteiger partial charge in [0.1, 0.15) is 0 Å². The van der Waals surface area contributed by atoms with Gasteiger partial charge in [-0.2, -0.15) is 5.10 Å². The van der Waals surface area contributed by atoms with Crippen LogP contribution >= 0.6 is 0 Å². The van der Waals surface area contributed by atoms with E-state index < -0.39 is 0 Å². The van der Waals surface area contributed by atoms with Gasteiger partial charge in [0.25, 0.3) is 0 Å². The van der Waals surface area contributed by atoms with Gasteiger partial charge in [-0.25, -0.2) is 9.67 Å². The normalized spacial score (nSPS) is 16.8. The lowest BCUT2D eigenvalue weighted by Gasteiger charge is -2.15. The summed E-state index contributed by atoms with van der Waals surface area (Å²) in [7, 11) is 0. The highest BCUT2D eigenvalue weighted by Gasteiger charge is 2.11. The minimum absolute atomic E-state index is 0.822. The van der Waals surface area contributed by atoms with Gasteiger partial charge in [0.15, 0.2) is 5.82 Å². The lowest BCUT2D eigenvalue weighted by atomic mass is 10.0. The van der Waals surface area contributed by atoms with Gasteiger partial charge in [0.05, 0.1) is 11.9 Å². The predicted molar refractivity (Wildman–Crippen MR) is 81.0 cm³/mol. The van der Waals surface area contributed by atoms with E-state index in [4.69, 9.17) is 0 Å². The summed E-state index contributed by atoms with van der Waals surface area (Å²) in [5.74, 6) is 1.68. The van der Waals surface area contributed by atoms with Crippen molar-refractivity contribution in [1.82, 2.24) is 14.8 Å². The zero-order chi connectivity index (χ0) is 13.6. The van der Waals surface area contributed by atoms with Crippen molar-refractivity contribution < 1.29 is 0 Å². The van der Waals surface area contributed by atoms with Crippen LogP contribution in [0.4, 0.5) is 5.69 Å². The average Bonchev–Trinajstić information content (AvgIpc) is 2.90. The van der Waals surface area contributed by atoms with Crippen LogP contribution in [0.15, 0.2) is 36.8 Å². The van der Waals surface area contributed by atoms with E-state index in [-0.39, 0.29) is 0 Å². The number of pyridine rings is 1. The van der Waals surface area contributed by atoms with Gasteiger partial charge in [-0.3, -0.25) is 0 Å². The van der Waals surface area contributed by atoms with Gasteiger partial charge >= 0.3 is 0 Å². The molecule has 0 bridgehead atoms. The van der Waals surface area contributed by atoms with Gasteiger partial charge in [-0.05, 0) is 37.0 Å². The molecular weight excluding hydrogens is 248 g/mol. The van der Waals surface area contributed by atoms with Crippen LogP contribution in [0.5, 0.6) is 0 Å². The molecule has 0 saturated heterocycles. The molecule has 2 aromatic rings. The topological polar surface area (TPSA) is 42.7 Å². The number of rotatable bonds is 4. The van der Waals surface area contributed by atoms with Crippen molar-refractivity contribution in [2.24, 2.45) is 5.92 Å². The fourth-order valence-electron chi connectivity index (χ4n) is 2.86. The first-order valence-corrected chi connectivity index (χ1v) is 7.62. The smallest absolute Gasteiger partial charge is 0.153 e. The Labute approximate surface area is 120 Å². The monoisotopic (exact) mass is 270 g/mol. The fourth-order valence-corrected chi connectivity index (χ4v) is 2.86. The van der Waals surface area contributed by atoms with E-state index in [2.05, 4.69) is 21.5 Å². The molecule has 2 heterocycles. The van der Waals surface area contributed by atoms with E-state index in [1.165, 1.54) is 38.5 Å². The predicted octanol–water partition coefficient (Wildman–Crippen LogP) is 3.65. The number of hydrogen-bond donors (Lipinski definition) is 1. The summed E-state index contributed by atoms with van der Waals surface area (Å²) in [6, 6.07) is 5.99. The molecule has 1 aliphatic carbocycles. The van der Waals surface area contributed by atoms with E-state index in [1.807, 2.05) is 24.5 Å². The first kappa shape index (κ1) is 13.2. The molecule has 0 atom stereocenters. The molecule has 1 fully saturated rings. The number of aromatic nitrogens is 3. The first-order valence-electron chi connectivity index (χ1n) is 7.62. The molecule has 0 amide bonds. The molecule has 20 heavy (non-hydrogen) atoms. The zero-order valence-electron chi connectivity index (χ0n) is 11.8. The Morgan fingerprint density at radius 3 is 2.65 bits per heavy atom. The van der Waals surface area contributed by atoms with Crippen LogP contribution in [0, 0.1) is 5.92 Å². The highest BCUT2D eigenvalue weighted by atomic mass is 15.3. The van der Waals surface area contributed by atoms with E-state index in [9.17, 15) is 0 Å². The molecule has 1 N–H and O–H groups in total. The Morgan fingerprint density at radius 2 is 2.00 bits per heavy atom. The van der Waals surface area contributed by atoms with Crippen molar-refractivity contribution in [3.8, 4) is 5.82 Å². The maximum Gasteiger partial charge on any atom is 0.153 e. The minimum Gasteiger partial charge on any atom is -0.384 e. The third-order valence-corrected chi connectivity index (χ3v) is 4.06. The van der Waals surface area contributed by atoms with Crippen molar-refractivity contribution in [3.05, 3.63) is 36.8 Å². The molecule has 4 nitrogen and oxygen atoms in total. The SMILES string of the molecule is c1cnn(-c2ccc(NCC3CCCCCC3)cn2)c1. The lowest BCUT2D eigenvalue weighted by Crippen LogP contribution is -2.13. The molecule has 106 valence electrons. The van der Waals surface area contributed by atoms with Gasteiger partial charge < -0.3 is 5.32 Å². The van der Waals surface area contributed by atoms with Gasteiger partial charge in [0, 0.05) is 18.9 Å². The van der Waals surface area contributed by atoms with Crippen molar-refractivity contribution in [2.75, 3.05) is 11.9 Å². The van der Waals surface area contributed by atoms with Gasteiger partial charge in [0.2, 0.25) is 0 Å². The van der Waals surface area contributed by atoms with Crippen LogP contribution in [0.3, 0.4) is 0 Å². The van der Waals surface area contributed by atoms with Crippen LogP contribution in [-0.4, -0.2) is 21.3 Å². The zero-order valence-corrected chi connectivity index (χ0v) is 11.8. The third kappa shape index (κ3) is 3.38. The summed E-state index contributed by atoms with van der Waals surface area (Å²) in [6.45, 7) is 1.07. The minimum atomic E-state index is 0.822. The molecule has 4 heteroatoms. The van der Waals surface area contributed by atoms with Crippen LogP contribution < -0.4 is 5.32 Å². The molecular formula is C16H22N4. The molecule has 0 spiro atoms. The van der Waals surface area contributed by atoms with Crippen LogP contribution in [0.2, 0.25) is 0 Å². The maximum absolute atomic E-state index is 4.44. The summed E-state index contributed by atoms with van der Waals surface area (Å²) in [5, 5.41) is 7.70. The number of hydrogen-bond acceptors (Lipinski definition) is 3. The number of anilines is 1. The molecule has 0 radical (unpaired) electrons. The molecule has 1 saturated carbocycles. The Kier molecular flexibility index (Phi) is 4.31. The van der Waals surface area contributed by atoms with Crippen LogP contribution in [0.25, 0.3) is 5.82 Å². The highest BCUT2D eigenvalue weighted by Crippen LogP contribution is 2.23. The van der Waals surface area contributed by atoms with Crippen molar-refractivity contribution in [3.63, 3.8) is 0 Å². The second-order valence-electron chi connectivity index (χ2n) is 5.59. The summed E-state index contributed by atoms with van der Waals surface area (Å²) >= 11 is 0. The molecule has 0 aromatic carbocycles. The molecule has 3 rings (SSSR count). The quantitative estimate of drug-likeness (QED) is 0.862. The average molecular weight is 270 g/mol. The Hall–Kier alpha value is -1.84. The molecule has 0 aliphatic heterocycles. The largest absolute Gasteiger partial charge is 0.384 e. The molecule has 0 unspecified atom stereocenters. The van der Waals surface area contributed by atoms with Crippen LogP contribution in [-0.2, 0) is 0 Å². The second kappa shape index (κ2) is 6.55. The Balaban J connectivity index is 1.55. The highest BCUT2D eigenvalue weighted by molar-refractivity contribution is 5.43. The van der Waals surface area contributed by atoms with Gasteiger partial charge in [-0.1, -0.05) is 25.7 Å². The van der Waals surface area contributed by atoms with E-state index in [1.54, 1.807) is 10.9 Å². The summed E-state index contributed by atoms with van der Waals surface area (Å²) < 4.78 is 1.77. The molecule has 1 aliphatic rings. The Morgan fingerprint density at radius 1 is 1.15 bits per heavy atom. The number of nitrogens with zero attached hydrogens (tertiary/aromatic N) is 3. The summed E-state index contributed by atoms with van der Waals surface area (Å²) in [5.41, 5.74) is 1.10. The standard InChI is InChI=1S/C16H22N4/c1-2-4-7-14(6-3-1)12-17-15-8-9-16(18-13-15)20-11-5-10-19-20/h5,8-11,13-14,17H,1-4,6-7,12H2. The van der Waals surface area contributed by atoms with Gasteiger partial charge in [-0.15, -0.1) is 0 Å². The summed E-state index contributed by atoms with van der Waals surface area (Å²) in [4.78, 5) is 4.44. The second-order valence-corrected chi connectivity index (χ2v) is 5.59. The van der Waals surface area contributed by atoms with E-state index in [0.29, 0.717) is 0 Å². The van der Waals surface area contributed by atoms with Crippen molar-refractivity contribution in [2.45, 2.75) is 38.5 Å². The first-order chi connectivity index (χ1) is 9.92. The van der Waals surface area contributed by atoms with E-state index in [0.717, 1.165) is 24.0 Å². The van der Waals surface area contributed by atoms with Crippen molar-refractivity contribution >= 4 is 5.69 Å². The van der Waals surface area contributed by atoms with Crippen molar-refractivity contribution in [1.29, 1.82) is 0 Å². The van der Waals surface area contributed by atoms with Crippen LogP contribution in [0.1, 0.15) is 38.5 Å².